The number of hydrogen-bond donors (Lipinski definition) is 1. The van der Waals surface area contributed by atoms with Crippen molar-refractivity contribution in [2.45, 2.75) is 53.0 Å². The summed E-state index contributed by atoms with van der Waals surface area (Å²) in [6.45, 7) is 11.4. The molecule has 0 radical (unpaired) electrons. The molecule has 1 N–H and O–H groups in total. The molecule has 0 fully saturated rings. The fourth-order valence-electron chi connectivity index (χ4n) is 2.01. The summed E-state index contributed by atoms with van der Waals surface area (Å²) in [7, 11) is 0. The van der Waals surface area contributed by atoms with Gasteiger partial charge in [0, 0.05) is 17.5 Å². The minimum atomic E-state index is -0.663. The van der Waals surface area contributed by atoms with E-state index in [1.54, 1.807) is 26.8 Å². The first-order valence-corrected chi connectivity index (χ1v) is 8.05. The lowest BCUT2D eigenvalue weighted by molar-refractivity contribution is 0.0519. The first-order chi connectivity index (χ1) is 11.6. The number of H-pyrrole nitrogens is 1. The Morgan fingerprint density at radius 2 is 2.08 bits per heavy atom. The topological polar surface area (TPSA) is 115 Å². The number of rotatable bonds is 5. The molecule has 0 aromatic carbocycles. The molecule has 2 rings (SSSR count). The maximum atomic E-state index is 12.5. The van der Waals surface area contributed by atoms with Gasteiger partial charge in [-0.1, -0.05) is 25.9 Å². The molecule has 0 bridgehead atoms. The second kappa shape index (κ2) is 7.04. The lowest BCUT2D eigenvalue weighted by Gasteiger charge is -2.11. The number of ether oxygens (including phenoxy) is 1. The Labute approximate surface area is 145 Å². The van der Waals surface area contributed by atoms with Crippen molar-refractivity contribution in [2.24, 2.45) is 10.2 Å². The molecule has 9 heteroatoms. The Morgan fingerprint density at radius 1 is 1.40 bits per heavy atom. The zero-order valence-corrected chi connectivity index (χ0v) is 15.3. The van der Waals surface area contributed by atoms with Gasteiger partial charge in [-0.2, -0.15) is 0 Å². The fourth-order valence-corrected chi connectivity index (χ4v) is 2.01. The van der Waals surface area contributed by atoms with Crippen molar-refractivity contribution in [1.29, 1.82) is 0 Å². The van der Waals surface area contributed by atoms with E-state index in [0.29, 0.717) is 5.76 Å². The summed E-state index contributed by atoms with van der Waals surface area (Å²) in [6, 6.07) is 1.46. The molecule has 0 saturated carbocycles. The van der Waals surface area contributed by atoms with Gasteiger partial charge in [0.1, 0.15) is 5.76 Å². The standard InChI is InChI=1S/C16H23N5O4/c1-7-24-15(23)13-12(14(22)21(19-13)9(2)3)18-17-11-8-10(25-20-11)16(4,5)6/h8-9,19H,7H2,1-6H3. The van der Waals surface area contributed by atoms with Crippen LogP contribution >= 0.6 is 0 Å². The summed E-state index contributed by atoms with van der Waals surface area (Å²) in [6.07, 6.45) is 0. The quantitative estimate of drug-likeness (QED) is 0.653. The summed E-state index contributed by atoms with van der Waals surface area (Å²) >= 11 is 0. The first kappa shape index (κ1) is 18.6. The van der Waals surface area contributed by atoms with Crippen LogP contribution in [0.3, 0.4) is 0 Å². The van der Waals surface area contributed by atoms with E-state index in [1.165, 1.54) is 4.68 Å². The average Bonchev–Trinajstić information content (AvgIpc) is 3.10. The monoisotopic (exact) mass is 349 g/mol. The van der Waals surface area contributed by atoms with E-state index in [0.717, 1.165) is 0 Å². The maximum Gasteiger partial charge on any atom is 0.358 e. The number of nitrogens with zero attached hydrogens (tertiary/aromatic N) is 4. The van der Waals surface area contributed by atoms with Gasteiger partial charge in [0.05, 0.1) is 6.61 Å². The van der Waals surface area contributed by atoms with Gasteiger partial charge in [-0.3, -0.25) is 9.89 Å². The zero-order chi connectivity index (χ0) is 18.8. The summed E-state index contributed by atoms with van der Waals surface area (Å²) < 4.78 is 11.5. The number of hydrogen-bond acceptors (Lipinski definition) is 7. The van der Waals surface area contributed by atoms with Gasteiger partial charge in [-0.15, -0.1) is 10.2 Å². The Balaban J connectivity index is 2.42. The smallest absolute Gasteiger partial charge is 0.358 e. The van der Waals surface area contributed by atoms with Crippen LogP contribution in [0.5, 0.6) is 0 Å². The van der Waals surface area contributed by atoms with Crippen molar-refractivity contribution in [3.05, 3.63) is 27.9 Å². The molecule has 0 aliphatic carbocycles. The fraction of sp³-hybridized carbons (Fsp3) is 0.562. The Bertz CT molecular complexity index is 836. The lowest BCUT2D eigenvalue weighted by atomic mass is 9.93. The predicted octanol–water partition coefficient (Wildman–Crippen LogP) is 3.63. The van der Waals surface area contributed by atoms with E-state index in [-0.39, 0.29) is 35.3 Å². The second-order valence-electron chi connectivity index (χ2n) is 6.82. The molecule has 0 saturated heterocycles. The molecule has 2 heterocycles. The highest BCUT2D eigenvalue weighted by molar-refractivity contribution is 5.92. The Morgan fingerprint density at radius 3 is 2.60 bits per heavy atom. The molecule has 2 aromatic rings. The van der Waals surface area contributed by atoms with Crippen molar-refractivity contribution in [3.8, 4) is 0 Å². The Hall–Kier alpha value is -2.71. The van der Waals surface area contributed by atoms with Crippen LogP contribution in [-0.2, 0) is 10.2 Å². The molecule has 9 nitrogen and oxygen atoms in total. The molecule has 0 aliphatic rings. The van der Waals surface area contributed by atoms with Crippen molar-refractivity contribution in [3.63, 3.8) is 0 Å². The number of azo groups is 1. The van der Waals surface area contributed by atoms with Crippen LogP contribution in [0, 0.1) is 0 Å². The largest absolute Gasteiger partial charge is 0.461 e. The third-order valence-electron chi connectivity index (χ3n) is 3.38. The lowest BCUT2D eigenvalue weighted by Crippen LogP contribution is -2.18. The second-order valence-corrected chi connectivity index (χ2v) is 6.82. The molecule has 136 valence electrons. The van der Waals surface area contributed by atoms with Crippen molar-refractivity contribution in [2.75, 3.05) is 6.61 Å². The number of carbonyl (C=O) groups is 1. The molecule has 0 amide bonds. The number of esters is 1. The molecule has 0 unspecified atom stereocenters. The van der Waals surface area contributed by atoms with E-state index < -0.39 is 11.5 Å². The van der Waals surface area contributed by atoms with Gasteiger partial charge in [-0.25, -0.2) is 9.48 Å². The summed E-state index contributed by atoms with van der Waals surface area (Å²) in [5.74, 6) is 0.195. The summed E-state index contributed by atoms with van der Waals surface area (Å²) in [5.41, 5.74) is -0.840. The number of carbonyl (C=O) groups excluding carboxylic acids is 1. The number of nitrogens with one attached hydrogen (secondary N) is 1. The number of aromatic nitrogens is 3. The minimum Gasteiger partial charge on any atom is -0.461 e. The predicted molar refractivity (Wildman–Crippen MR) is 90.8 cm³/mol. The molecule has 0 spiro atoms. The van der Waals surface area contributed by atoms with Gasteiger partial charge in [0.25, 0.3) is 5.56 Å². The van der Waals surface area contributed by atoms with Gasteiger partial charge in [0.15, 0.2) is 11.4 Å². The minimum absolute atomic E-state index is 0.0381. The van der Waals surface area contributed by atoms with Crippen LogP contribution in [0.25, 0.3) is 0 Å². The normalized spacial score (nSPS) is 12.3. The van der Waals surface area contributed by atoms with E-state index in [1.807, 2.05) is 20.8 Å². The van der Waals surface area contributed by atoms with E-state index in [4.69, 9.17) is 9.26 Å². The summed E-state index contributed by atoms with van der Waals surface area (Å²) in [5, 5.41) is 14.4. The van der Waals surface area contributed by atoms with Gasteiger partial charge in [0.2, 0.25) is 5.82 Å². The molecule has 0 atom stereocenters. The van der Waals surface area contributed by atoms with Crippen LogP contribution in [0.15, 0.2) is 25.6 Å². The van der Waals surface area contributed by atoms with Crippen molar-refractivity contribution < 1.29 is 14.1 Å². The summed E-state index contributed by atoms with van der Waals surface area (Å²) in [4.78, 5) is 24.5. The maximum absolute atomic E-state index is 12.5. The highest BCUT2D eigenvalue weighted by atomic mass is 16.5. The van der Waals surface area contributed by atoms with Gasteiger partial charge in [-0.05, 0) is 20.8 Å². The third-order valence-corrected chi connectivity index (χ3v) is 3.38. The van der Waals surface area contributed by atoms with Gasteiger partial charge >= 0.3 is 5.97 Å². The molecule has 2 aromatic heterocycles. The van der Waals surface area contributed by atoms with Crippen LogP contribution < -0.4 is 5.56 Å². The van der Waals surface area contributed by atoms with Crippen molar-refractivity contribution in [1.82, 2.24) is 14.9 Å². The number of aromatic amines is 1. The van der Waals surface area contributed by atoms with Gasteiger partial charge < -0.3 is 9.26 Å². The highest BCUT2D eigenvalue weighted by Crippen LogP contribution is 2.26. The van der Waals surface area contributed by atoms with Crippen LogP contribution in [-0.4, -0.2) is 27.5 Å². The van der Waals surface area contributed by atoms with Crippen LogP contribution in [0.2, 0.25) is 0 Å². The molecular formula is C16H23N5O4. The van der Waals surface area contributed by atoms with Crippen molar-refractivity contribution >= 4 is 17.5 Å². The zero-order valence-electron chi connectivity index (χ0n) is 15.3. The first-order valence-electron chi connectivity index (χ1n) is 8.05. The van der Waals surface area contributed by atoms with E-state index in [9.17, 15) is 9.59 Å². The molecule has 0 aliphatic heterocycles. The van der Waals surface area contributed by atoms with E-state index in [2.05, 4.69) is 20.5 Å². The third kappa shape index (κ3) is 4.04. The molecule has 25 heavy (non-hydrogen) atoms. The van der Waals surface area contributed by atoms with Crippen LogP contribution in [0.4, 0.5) is 11.5 Å². The average molecular weight is 349 g/mol. The van der Waals surface area contributed by atoms with E-state index >= 15 is 0 Å². The Kier molecular flexibility index (Phi) is 5.24. The SMILES string of the molecule is CCOC(=O)c1[nH]n(C(C)C)c(=O)c1N=Nc1cc(C(C)(C)C)on1. The highest BCUT2D eigenvalue weighted by Gasteiger charge is 2.23. The van der Waals surface area contributed by atoms with Crippen LogP contribution in [0.1, 0.15) is 63.8 Å². The molecular weight excluding hydrogens is 326 g/mol.